The number of aliphatic imine (C=N–C) groups is 1. The molecule has 0 aliphatic rings. The Balaban J connectivity index is 0. The molecule has 0 bridgehead atoms. The van der Waals surface area contributed by atoms with Crippen LogP contribution >= 0.6 is 0 Å². The number of nitrogens with zero attached hydrogens (tertiary/aromatic N) is 2. The third-order valence-electron chi connectivity index (χ3n) is 11.6. The van der Waals surface area contributed by atoms with Gasteiger partial charge in [-0.25, -0.2) is 0 Å². The molecule has 356 valence electrons. The Morgan fingerprint density at radius 1 is 0.517 bits per heavy atom. The summed E-state index contributed by atoms with van der Waals surface area (Å²) in [6, 6.07) is 0. The molecule has 60 heavy (non-hydrogen) atoms. The van der Waals surface area contributed by atoms with Crippen LogP contribution in [0.2, 0.25) is 0 Å². The standard InChI is InChI=1S/C33H67N5O2.C18H36O2/c1-4-7-9-11-14-18-23-30(6-3)40-33(39)24-19-15-13-17-21-27-38(26-20-16-12-10-8-5-2)28-22-25-37-32(36)29-31(34)35;1-3-5-7-9-11-13-15-18(20-17-19)16-14-12-10-8-6-4-2/h29-30H,4-28,34-35H2,1-3H3,(H2,36,37);17-18H,3-16H2,1-2H3. The predicted octanol–water partition coefficient (Wildman–Crippen LogP) is 13.6. The van der Waals surface area contributed by atoms with Crippen molar-refractivity contribution in [3.63, 3.8) is 0 Å². The Hall–Kier alpha value is -2.29. The number of ether oxygens (including phenoxy) is 2. The Bertz CT molecular complexity index is 942. The summed E-state index contributed by atoms with van der Waals surface area (Å²) in [5.41, 5.74) is 16.7. The second kappa shape index (κ2) is 49.4. The SMILES string of the molecule is CCCCCCCCC(CC)OC(=O)CCCCCCCN(CCCCCCCC)CCCN=C(N)C=C(N)N.CCCCCCCCC(CCCCCCCC)OC=O. The summed E-state index contributed by atoms with van der Waals surface area (Å²) < 4.78 is 11.0. The Labute approximate surface area is 373 Å². The molecule has 6 N–H and O–H groups in total. The van der Waals surface area contributed by atoms with Crippen LogP contribution in [0.1, 0.15) is 259 Å². The van der Waals surface area contributed by atoms with E-state index in [0.717, 1.165) is 64.6 Å². The summed E-state index contributed by atoms with van der Waals surface area (Å²) in [6.45, 7) is 15.8. The van der Waals surface area contributed by atoms with Crippen LogP contribution in [-0.4, -0.2) is 61.6 Å². The number of hydrogen-bond donors (Lipinski definition) is 3. The minimum absolute atomic E-state index is 0.00381. The first-order valence-electron chi connectivity index (χ1n) is 25.8. The summed E-state index contributed by atoms with van der Waals surface area (Å²) in [7, 11) is 0. The quantitative estimate of drug-likeness (QED) is 0.0180. The zero-order valence-electron chi connectivity index (χ0n) is 40.6. The van der Waals surface area contributed by atoms with Gasteiger partial charge in [-0.3, -0.25) is 14.6 Å². The van der Waals surface area contributed by atoms with E-state index in [0.29, 0.717) is 25.3 Å². The van der Waals surface area contributed by atoms with Gasteiger partial charge in [0.2, 0.25) is 0 Å². The number of hydrogen-bond acceptors (Lipinski definition) is 8. The van der Waals surface area contributed by atoms with Gasteiger partial charge in [-0.2, -0.15) is 0 Å². The molecule has 0 aromatic heterocycles. The summed E-state index contributed by atoms with van der Waals surface area (Å²) in [5.74, 6) is 0.585. The second-order valence-electron chi connectivity index (χ2n) is 17.5. The number of carbonyl (C=O) groups is 2. The van der Waals surface area contributed by atoms with E-state index in [9.17, 15) is 9.59 Å². The topological polar surface area (TPSA) is 146 Å². The average Bonchev–Trinajstić information content (AvgIpc) is 3.23. The van der Waals surface area contributed by atoms with Gasteiger partial charge < -0.3 is 31.6 Å². The number of unbranched alkanes of at least 4 members (excludes halogenated alkanes) is 24. The molecule has 0 aliphatic carbocycles. The monoisotopic (exact) mass is 850 g/mol. The van der Waals surface area contributed by atoms with Gasteiger partial charge in [0.1, 0.15) is 18.0 Å². The van der Waals surface area contributed by atoms with E-state index in [1.165, 1.54) is 179 Å². The van der Waals surface area contributed by atoms with Crippen molar-refractivity contribution in [1.29, 1.82) is 0 Å². The fourth-order valence-electron chi connectivity index (χ4n) is 7.71. The maximum Gasteiger partial charge on any atom is 0.306 e. The molecule has 0 aliphatic heterocycles. The Morgan fingerprint density at radius 2 is 0.900 bits per heavy atom. The Morgan fingerprint density at radius 3 is 1.32 bits per heavy atom. The number of rotatable bonds is 45. The molecule has 1 unspecified atom stereocenters. The highest BCUT2D eigenvalue weighted by Gasteiger charge is 2.13. The van der Waals surface area contributed by atoms with Crippen molar-refractivity contribution >= 4 is 18.3 Å². The zero-order chi connectivity index (χ0) is 44.6. The predicted molar refractivity (Wildman–Crippen MR) is 260 cm³/mol. The fourth-order valence-corrected chi connectivity index (χ4v) is 7.71. The molecule has 0 saturated heterocycles. The molecule has 0 amide bonds. The van der Waals surface area contributed by atoms with E-state index >= 15 is 0 Å². The van der Waals surface area contributed by atoms with Crippen LogP contribution in [0, 0.1) is 0 Å². The average molecular weight is 850 g/mol. The second-order valence-corrected chi connectivity index (χ2v) is 17.5. The third-order valence-corrected chi connectivity index (χ3v) is 11.6. The lowest BCUT2D eigenvalue weighted by atomic mass is 10.0. The van der Waals surface area contributed by atoms with Gasteiger partial charge in [0.05, 0.1) is 5.82 Å². The molecule has 0 spiro atoms. The van der Waals surface area contributed by atoms with E-state index in [4.69, 9.17) is 26.7 Å². The van der Waals surface area contributed by atoms with Crippen LogP contribution in [0.3, 0.4) is 0 Å². The highest BCUT2D eigenvalue weighted by Crippen LogP contribution is 2.17. The van der Waals surface area contributed by atoms with Crippen LogP contribution in [-0.2, 0) is 19.1 Å². The third kappa shape index (κ3) is 46.8. The smallest absolute Gasteiger partial charge is 0.306 e. The summed E-state index contributed by atoms with van der Waals surface area (Å²) >= 11 is 0. The lowest BCUT2D eigenvalue weighted by molar-refractivity contribution is -0.149. The van der Waals surface area contributed by atoms with Gasteiger partial charge in [-0.05, 0) is 90.3 Å². The first kappa shape index (κ1) is 59.8. The van der Waals surface area contributed by atoms with Gasteiger partial charge in [0.15, 0.2) is 0 Å². The van der Waals surface area contributed by atoms with Gasteiger partial charge in [0.25, 0.3) is 6.47 Å². The van der Waals surface area contributed by atoms with E-state index in [1.54, 1.807) is 0 Å². The van der Waals surface area contributed by atoms with Crippen LogP contribution in [0.4, 0.5) is 0 Å². The fraction of sp³-hybridized carbons (Fsp3) is 0.902. The minimum Gasteiger partial charge on any atom is -0.465 e. The number of esters is 1. The first-order valence-corrected chi connectivity index (χ1v) is 25.8. The van der Waals surface area contributed by atoms with Crippen LogP contribution < -0.4 is 17.2 Å². The van der Waals surface area contributed by atoms with Gasteiger partial charge in [-0.1, -0.05) is 182 Å². The van der Waals surface area contributed by atoms with E-state index in [2.05, 4.69) is 44.5 Å². The molecule has 9 heteroatoms. The lowest BCUT2D eigenvalue weighted by Gasteiger charge is -2.22. The van der Waals surface area contributed by atoms with Crippen molar-refractivity contribution in [3.8, 4) is 0 Å². The van der Waals surface area contributed by atoms with E-state index in [-0.39, 0.29) is 24.0 Å². The van der Waals surface area contributed by atoms with Crippen LogP contribution in [0.25, 0.3) is 0 Å². The van der Waals surface area contributed by atoms with Crippen molar-refractivity contribution in [1.82, 2.24) is 4.90 Å². The molecule has 0 saturated carbocycles. The van der Waals surface area contributed by atoms with Gasteiger partial charge in [0, 0.05) is 19.0 Å². The molecule has 0 aromatic carbocycles. The Kier molecular flexibility index (Phi) is 49.2. The zero-order valence-corrected chi connectivity index (χ0v) is 40.6. The highest BCUT2D eigenvalue weighted by molar-refractivity contribution is 5.91. The molecular formula is C51H103N5O4. The number of carbonyl (C=O) groups excluding carboxylic acids is 2. The molecular weight excluding hydrogens is 747 g/mol. The molecule has 1 atom stereocenters. The van der Waals surface area contributed by atoms with Crippen LogP contribution in [0.15, 0.2) is 16.9 Å². The first-order chi connectivity index (χ1) is 29.3. The van der Waals surface area contributed by atoms with Gasteiger partial charge >= 0.3 is 5.97 Å². The molecule has 9 nitrogen and oxygen atoms in total. The molecule has 0 fully saturated rings. The lowest BCUT2D eigenvalue weighted by Crippen LogP contribution is -2.28. The normalized spacial score (nSPS) is 12.0. The molecule has 0 heterocycles. The maximum absolute atomic E-state index is 12.3. The van der Waals surface area contributed by atoms with Gasteiger partial charge in [-0.15, -0.1) is 0 Å². The van der Waals surface area contributed by atoms with Crippen molar-refractivity contribution in [2.24, 2.45) is 22.2 Å². The van der Waals surface area contributed by atoms with Crippen molar-refractivity contribution < 1.29 is 19.1 Å². The number of amidine groups is 1. The minimum atomic E-state index is -0.00381. The highest BCUT2D eigenvalue weighted by atomic mass is 16.5. The van der Waals surface area contributed by atoms with E-state index < -0.39 is 0 Å². The molecule has 0 radical (unpaired) electrons. The summed E-state index contributed by atoms with van der Waals surface area (Å²) in [6.07, 6.45) is 44.3. The largest absolute Gasteiger partial charge is 0.465 e. The van der Waals surface area contributed by atoms with Crippen molar-refractivity contribution in [3.05, 3.63) is 11.9 Å². The summed E-state index contributed by atoms with van der Waals surface area (Å²) in [5, 5.41) is 0. The van der Waals surface area contributed by atoms with Crippen LogP contribution in [0.5, 0.6) is 0 Å². The van der Waals surface area contributed by atoms with Crippen molar-refractivity contribution in [2.75, 3.05) is 26.2 Å². The van der Waals surface area contributed by atoms with E-state index in [1.807, 2.05) is 0 Å². The summed E-state index contributed by atoms with van der Waals surface area (Å²) in [4.78, 5) is 29.8. The van der Waals surface area contributed by atoms with Crippen molar-refractivity contribution in [2.45, 2.75) is 272 Å². The molecule has 0 rings (SSSR count). The number of nitrogens with two attached hydrogens (primary N) is 3. The maximum atomic E-state index is 12.3. The molecule has 0 aromatic rings.